The first kappa shape index (κ1) is 17.2. The minimum Gasteiger partial charge on any atom is -0.378 e. The normalized spacial score (nSPS) is 21.3. The van der Waals surface area contributed by atoms with Crippen LogP contribution in [-0.2, 0) is 16.1 Å². The van der Waals surface area contributed by atoms with Crippen LogP contribution >= 0.6 is 0 Å². The van der Waals surface area contributed by atoms with Crippen molar-refractivity contribution >= 4 is 5.91 Å². The minimum absolute atomic E-state index is 0.0196. The van der Waals surface area contributed by atoms with Gasteiger partial charge < -0.3 is 9.64 Å². The third-order valence-corrected chi connectivity index (χ3v) is 5.40. The number of aryl methyl sites for hydroxylation is 1. The first-order valence-corrected chi connectivity index (χ1v) is 9.42. The molecule has 26 heavy (non-hydrogen) atoms. The lowest BCUT2D eigenvalue weighted by Gasteiger charge is -2.32. The van der Waals surface area contributed by atoms with Crippen molar-refractivity contribution in [3.63, 3.8) is 0 Å². The molecule has 2 fully saturated rings. The number of H-pyrrole nitrogens is 1. The quantitative estimate of drug-likeness (QED) is 0.914. The predicted octanol–water partition coefficient (Wildman–Crippen LogP) is 2.21. The summed E-state index contributed by atoms with van der Waals surface area (Å²) in [6, 6.07) is 8.44. The Bertz CT molecular complexity index is 749. The summed E-state index contributed by atoms with van der Waals surface area (Å²) in [4.78, 5) is 17.2. The van der Waals surface area contributed by atoms with E-state index in [4.69, 9.17) is 4.74 Å². The number of hydrogen-bond acceptors (Lipinski definition) is 4. The number of likely N-dealkylation sites (tertiary alicyclic amines) is 1. The molecule has 0 saturated carbocycles. The summed E-state index contributed by atoms with van der Waals surface area (Å²) < 4.78 is 5.38. The molecule has 1 amide bonds. The SMILES string of the molecule is Cc1ccc(-c2[nH]ncc2CN2CCC[C@H]2C(=O)N2CCOCC2)cc1. The van der Waals surface area contributed by atoms with Crippen LogP contribution in [0.3, 0.4) is 0 Å². The lowest BCUT2D eigenvalue weighted by atomic mass is 10.1. The summed E-state index contributed by atoms with van der Waals surface area (Å²) in [5.41, 5.74) is 4.58. The molecule has 1 atom stereocenters. The van der Waals surface area contributed by atoms with Crippen LogP contribution in [-0.4, -0.2) is 64.8 Å². The Kier molecular flexibility index (Phi) is 5.04. The molecule has 0 aliphatic carbocycles. The van der Waals surface area contributed by atoms with Gasteiger partial charge in [0.05, 0.1) is 31.1 Å². The Morgan fingerprint density at radius 1 is 1.23 bits per heavy atom. The molecule has 4 rings (SSSR count). The second kappa shape index (κ2) is 7.60. The maximum atomic E-state index is 12.9. The number of ether oxygens (including phenoxy) is 1. The second-order valence-electron chi connectivity index (χ2n) is 7.20. The average molecular weight is 354 g/mol. The van der Waals surface area contributed by atoms with Gasteiger partial charge >= 0.3 is 0 Å². The van der Waals surface area contributed by atoms with E-state index in [0.29, 0.717) is 26.3 Å². The molecule has 2 aliphatic heterocycles. The van der Waals surface area contributed by atoms with Crippen LogP contribution in [0.4, 0.5) is 0 Å². The lowest BCUT2D eigenvalue weighted by Crippen LogP contribution is -2.49. The van der Waals surface area contributed by atoms with Gasteiger partial charge in [-0.25, -0.2) is 0 Å². The van der Waals surface area contributed by atoms with Gasteiger partial charge in [0, 0.05) is 25.2 Å². The fraction of sp³-hybridized carbons (Fsp3) is 0.500. The number of amides is 1. The summed E-state index contributed by atoms with van der Waals surface area (Å²) in [6.07, 6.45) is 3.90. The highest BCUT2D eigenvalue weighted by atomic mass is 16.5. The Balaban J connectivity index is 1.49. The van der Waals surface area contributed by atoms with Gasteiger partial charge in [-0.2, -0.15) is 5.10 Å². The summed E-state index contributed by atoms with van der Waals surface area (Å²) in [7, 11) is 0. The molecule has 6 nitrogen and oxygen atoms in total. The molecule has 1 aromatic carbocycles. The van der Waals surface area contributed by atoms with Gasteiger partial charge in [0.15, 0.2) is 0 Å². The van der Waals surface area contributed by atoms with Gasteiger partial charge in [-0.15, -0.1) is 0 Å². The number of aromatic nitrogens is 2. The van der Waals surface area contributed by atoms with Gasteiger partial charge in [-0.3, -0.25) is 14.8 Å². The number of hydrogen-bond donors (Lipinski definition) is 1. The molecular weight excluding hydrogens is 328 g/mol. The third kappa shape index (κ3) is 3.52. The van der Waals surface area contributed by atoms with Crippen molar-refractivity contribution in [3.8, 4) is 11.3 Å². The number of aromatic amines is 1. The van der Waals surface area contributed by atoms with Crippen molar-refractivity contribution in [1.82, 2.24) is 20.0 Å². The van der Waals surface area contributed by atoms with Crippen molar-refractivity contribution < 1.29 is 9.53 Å². The van der Waals surface area contributed by atoms with E-state index in [2.05, 4.69) is 46.3 Å². The van der Waals surface area contributed by atoms with Crippen molar-refractivity contribution in [2.45, 2.75) is 32.4 Å². The maximum absolute atomic E-state index is 12.9. The van der Waals surface area contributed by atoms with E-state index in [1.54, 1.807) is 0 Å². The molecule has 0 unspecified atom stereocenters. The van der Waals surface area contributed by atoms with Crippen LogP contribution in [0.25, 0.3) is 11.3 Å². The number of carbonyl (C=O) groups is 1. The third-order valence-electron chi connectivity index (χ3n) is 5.40. The maximum Gasteiger partial charge on any atom is 0.240 e. The van der Waals surface area contributed by atoms with E-state index in [1.165, 1.54) is 5.56 Å². The largest absolute Gasteiger partial charge is 0.378 e. The molecule has 0 bridgehead atoms. The van der Waals surface area contributed by atoms with Crippen LogP contribution < -0.4 is 0 Å². The van der Waals surface area contributed by atoms with E-state index in [0.717, 1.165) is 42.8 Å². The Morgan fingerprint density at radius 2 is 2.00 bits per heavy atom. The number of nitrogens with one attached hydrogen (secondary N) is 1. The molecule has 3 heterocycles. The minimum atomic E-state index is -0.0196. The number of benzene rings is 1. The number of morpholine rings is 1. The molecule has 2 aromatic rings. The fourth-order valence-corrected chi connectivity index (χ4v) is 3.91. The number of rotatable bonds is 4. The summed E-state index contributed by atoms with van der Waals surface area (Å²) in [5.74, 6) is 0.256. The highest BCUT2D eigenvalue weighted by molar-refractivity contribution is 5.82. The van der Waals surface area contributed by atoms with Crippen molar-refractivity contribution in [2.24, 2.45) is 0 Å². The van der Waals surface area contributed by atoms with E-state index < -0.39 is 0 Å². The molecule has 6 heteroatoms. The van der Waals surface area contributed by atoms with Gasteiger partial charge in [-0.1, -0.05) is 29.8 Å². The fourth-order valence-electron chi connectivity index (χ4n) is 3.91. The molecule has 1 N–H and O–H groups in total. The highest BCUT2D eigenvalue weighted by Gasteiger charge is 2.34. The molecule has 2 saturated heterocycles. The Labute approximate surface area is 154 Å². The first-order chi connectivity index (χ1) is 12.7. The Morgan fingerprint density at radius 3 is 2.77 bits per heavy atom. The van der Waals surface area contributed by atoms with Crippen LogP contribution in [0.15, 0.2) is 30.5 Å². The summed E-state index contributed by atoms with van der Waals surface area (Å²) in [6.45, 7) is 6.52. The van der Waals surface area contributed by atoms with Crippen LogP contribution in [0, 0.1) is 6.92 Å². The van der Waals surface area contributed by atoms with E-state index in [-0.39, 0.29) is 11.9 Å². The van der Waals surface area contributed by atoms with Crippen molar-refractivity contribution in [1.29, 1.82) is 0 Å². The summed E-state index contributed by atoms with van der Waals surface area (Å²) in [5, 5.41) is 7.39. The molecule has 0 spiro atoms. The second-order valence-corrected chi connectivity index (χ2v) is 7.20. The van der Waals surface area contributed by atoms with Crippen molar-refractivity contribution in [2.75, 3.05) is 32.8 Å². The standard InChI is InChI=1S/C20H26N4O2/c1-15-4-6-16(7-5-15)19-17(13-21-22-19)14-24-8-2-3-18(24)20(25)23-9-11-26-12-10-23/h4-7,13,18H,2-3,8-12,14H2,1H3,(H,21,22)/t18-/m0/s1. The van der Waals surface area contributed by atoms with Gasteiger partial charge in [0.1, 0.15) is 0 Å². The zero-order chi connectivity index (χ0) is 17.9. The molecule has 0 radical (unpaired) electrons. The lowest BCUT2D eigenvalue weighted by molar-refractivity contribution is -0.140. The van der Waals surface area contributed by atoms with Gasteiger partial charge in [-0.05, 0) is 31.9 Å². The zero-order valence-corrected chi connectivity index (χ0v) is 15.3. The van der Waals surface area contributed by atoms with Crippen LogP contribution in [0.5, 0.6) is 0 Å². The van der Waals surface area contributed by atoms with E-state index >= 15 is 0 Å². The van der Waals surface area contributed by atoms with E-state index in [9.17, 15) is 4.79 Å². The van der Waals surface area contributed by atoms with Crippen LogP contribution in [0.2, 0.25) is 0 Å². The first-order valence-electron chi connectivity index (χ1n) is 9.42. The highest BCUT2D eigenvalue weighted by Crippen LogP contribution is 2.27. The predicted molar refractivity (Wildman–Crippen MR) is 99.6 cm³/mol. The van der Waals surface area contributed by atoms with E-state index in [1.807, 2.05) is 11.1 Å². The zero-order valence-electron chi connectivity index (χ0n) is 15.3. The molecule has 138 valence electrons. The number of carbonyl (C=O) groups excluding carboxylic acids is 1. The van der Waals surface area contributed by atoms with Crippen LogP contribution in [0.1, 0.15) is 24.0 Å². The topological polar surface area (TPSA) is 61.5 Å². The van der Waals surface area contributed by atoms with Gasteiger partial charge in [0.2, 0.25) is 5.91 Å². The van der Waals surface area contributed by atoms with Crippen molar-refractivity contribution in [3.05, 3.63) is 41.6 Å². The van der Waals surface area contributed by atoms with Gasteiger partial charge in [0.25, 0.3) is 0 Å². The molecule has 2 aliphatic rings. The Hall–Kier alpha value is -2.18. The number of nitrogens with zero attached hydrogens (tertiary/aromatic N) is 3. The average Bonchev–Trinajstić information content (AvgIpc) is 3.32. The summed E-state index contributed by atoms with van der Waals surface area (Å²) >= 11 is 0. The molecule has 1 aromatic heterocycles. The molecular formula is C20H26N4O2. The smallest absolute Gasteiger partial charge is 0.240 e. The monoisotopic (exact) mass is 354 g/mol.